The molecule has 108 valence electrons. The number of hydrogen-bond donors (Lipinski definition) is 2. The number of amides is 2. The van der Waals surface area contributed by atoms with Gasteiger partial charge in [-0.25, -0.2) is 4.79 Å². The summed E-state index contributed by atoms with van der Waals surface area (Å²) in [7, 11) is 0. The normalized spacial score (nSPS) is 28.3. The van der Waals surface area contributed by atoms with Crippen molar-refractivity contribution in [2.24, 2.45) is 0 Å². The Kier molecular flexibility index (Phi) is 4.60. The number of aliphatic carboxylic acids is 1. The van der Waals surface area contributed by atoms with Gasteiger partial charge in [-0.15, -0.1) is 0 Å². The molecule has 2 N–H and O–H groups in total. The number of carboxylic acids is 1. The van der Waals surface area contributed by atoms with Gasteiger partial charge in [-0.3, -0.25) is 4.79 Å². The Morgan fingerprint density at radius 2 is 2.11 bits per heavy atom. The van der Waals surface area contributed by atoms with E-state index in [4.69, 9.17) is 9.84 Å². The van der Waals surface area contributed by atoms with Crippen molar-refractivity contribution in [1.29, 1.82) is 0 Å². The summed E-state index contributed by atoms with van der Waals surface area (Å²) in [4.78, 5) is 26.4. The first-order valence-corrected chi connectivity index (χ1v) is 6.61. The molecule has 0 aliphatic carbocycles. The fourth-order valence-electron chi connectivity index (χ4n) is 2.59. The molecule has 19 heavy (non-hydrogen) atoms. The van der Waals surface area contributed by atoms with E-state index < -0.39 is 18.1 Å². The lowest BCUT2D eigenvalue weighted by Crippen LogP contribution is -2.56. The fraction of sp³-hybridized carbons (Fsp3) is 0.833. The van der Waals surface area contributed by atoms with Crippen molar-refractivity contribution in [2.75, 3.05) is 32.8 Å². The van der Waals surface area contributed by atoms with Crippen molar-refractivity contribution in [2.45, 2.75) is 31.4 Å². The minimum Gasteiger partial charge on any atom is -0.481 e. The molecule has 0 radical (unpaired) electrons. The second-order valence-corrected chi connectivity index (χ2v) is 5.04. The maximum Gasteiger partial charge on any atom is 0.320 e. The number of likely N-dealkylation sites (tertiary alicyclic amines) is 1. The molecule has 0 saturated carbocycles. The van der Waals surface area contributed by atoms with Crippen LogP contribution in [0.25, 0.3) is 0 Å². The van der Waals surface area contributed by atoms with Crippen molar-refractivity contribution in [3.05, 3.63) is 0 Å². The molecule has 2 atom stereocenters. The summed E-state index contributed by atoms with van der Waals surface area (Å²) in [5.41, 5.74) is 0. The quantitative estimate of drug-likeness (QED) is 0.722. The van der Waals surface area contributed by atoms with E-state index in [-0.39, 0.29) is 19.1 Å². The number of carbonyl (C=O) groups is 2. The van der Waals surface area contributed by atoms with Crippen molar-refractivity contribution in [3.63, 3.8) is 0 Å². The fourth-order valence-corrected chi connectivity index (χ4v) is 2.59. The van der Waals surface area contributed by atoms with Gasteiger partial charge < -0.3 is 24.7 Å². The lowest BCUT2D eigenvalue weighted by molar-refractivity contribution is -0.139. The number of carboxylic acid groups (broad SMARTS) is 1. The van der Waals surface area contributed by atoms with Gasteiger partial charge in [0.25, 0.3) is 0 Å². The van der Waals surface area contributed by atoms with Gasteiger partial charge in [-0.1, -0.05) is 0 Å². The van der Waals surface area contributed by atoms with Gasteiger partial charge in [0, 0.05) is 19.6 Å². The monoisotopic (exact) mass is 272 g/mol. The zero-order chi connectivity index (χ0) is 13.8. The number of nitrogens with zero attached hydrogens (tertiary/aromatic N) is 2. The SMILES string of the molecule is O=C(O)CC1COCCN1C(=O)N1CCCC(O)C1. The molecule has 7 nitrogen and oxygen atoms in total. The molecule has 0 aromatic heterocycles. The number of β-amino-alcohol motifs (C(OH)–C–C–N with tert-alkyl or cyclic N) is 1. The van der Waals surface area contributed by atoms with E-state index in [1.807, 2.05) is 0 Å². The van der Waals surface area contributed by atoms with Gasteiger partial charge in [0.05, 0.1) is 31.8 Å². The zero-order valence-electron chi connectivity index (χ0n) is 10.8. The first-order chi connectivity index (χ1) is 9.08. The van der Waals surface area contributed by atoms with E-state index in [2.05, 4.69) is 0 Å². The minimum absolute atomic E-state index is 0.109. The van der Waals surface area contributed by atoms with Crippen LogP contribution in [0.5, 0.6) is 0 Å². The number of ether oxygens (including phenoxy) is 1. The van der Waals surface area contributed by atoms with E-state index in [1.54, 1.807) is 9.80 Å². The summed E-state index contributed by atoms with van der Waals surface area (Å²) < 4.78 is 5.25. The number of urea groups is 1. The van der Waals surface area contributed by atoms with E-state index in [0.29, 0.717) is 32.7 Å². The van der Waals surface area contributed by atoms with Crippen LogP contribution in [0, 0.1) is 0 Å². The highest BCUT2D eigenvalue weighted by atomic mass is 16.5. The van der Waals surface area contributed by atoms with Crippen molar-refractivity contribution in [1.82, 2.24) is 9.80 Å². The zero-order valence-corrected chi connectivity index (χ0v) is 10.8. The Morgan fingerprint density at radius 1 is 1.32 bits per heavy atom. The minimum atomic E-state index is -0.938. The molecule has 2 rings (SSSR count). The van der Waals surface area contributed by atoms with E-state index in [9.17, 15) is 14.7 Å². The third kappa shape index (κ3) is 3.57. The number of rotatable bonds is 2. The predicted molar refractivity (Wildman–Crippen MR) is 65.8 cm³/mol. The van der Waals surface area contributed by atoms with Crippen molar-refractivity contribution in [3.8, 4) is 0 Å². The summed E-state index contributed by atoms with van der Waals surface area (Å²) in [6.45, 7) is 2.04. The Balaban J connectivity index is 2.00. The average molecular weight is 272 g/mol. The number of carbonyl (C=O) groups excluding carboxylic acids is 1. The Hall–Kier alpha value is -1.34. The van der Waals surface area contributed by atoms with Gasteiger partial charge in [-0.05, 0) is 12.8 Å². The van der Waals surface area contributed by atoms with Crippen LogP contribution in [-0.2, 0) is 9.53 Å². The molecule has 2 aliphatic heterocycles. The van der Waals surface area contributed by atoms with Crippen LogP contribution in [0.3, 0.4) is 0 Å². The third-order valence-electron chi connectivity index (χ3n) is 3.55. The molecule has 2 heterocycles. The standard InChI is InChI=1S/C12H20N2O5/c15-10-2-1-3-13(7-10)12(18)14-4-5-19-8-9(14)6-11(16)17/h9-10,15H,1-8H2,(H,16,17). The highest BCUT2D eigenvalue weighted by molar-refractivity contribution is 5.76. The molecule has 2 aliphatic rings. The van der Waals surface area contributed by atoms with Crippen LogP contribution in [-0.4, -0.2) is 77.0 Å². The third-order valence-corrected chi connectivity index (χ3v) is 3.55. The van der Waals surface area contributed by atoms with Gasteiger partial charge in [0.15, 0.2) is 0 Å². The Labute approximate surface area is 111 Å². The predicted octanol–water partition coefficient (Wildman–Crippen LogP) is -0.261. The second-order valence-electron chi connectivity index (χ2n) is 5.04. The van der Waals surface area contributed by atoms with E-state index in [1.165, 1.54) is 0 Å². The van der Waals surface area contributed by atoms with Crippen LogP contribution < -0.4 is 0 Å². The maximum absolute atomic E-state index is 12.4. The first kappa shape index (κ1) is 14.1. The molecule has 7 heteroatoms. The summed E-state index contributed by atoms with van der Waals surface area (Å²) in [5, 5.41) is 18.5. The highest BCUT2D eigenvalue weighted by Crippen LogP contribution is 2.17. The molecule has 2 fully saturated rings. The molecule has 2 amide bonds. The number of piperidine rings is 1. The molecule has 2 unspecified atom stereocenters. The molecular weight excluding hydrogens is 252 g/mol. The van der Waals surface area contributed by atoms with Gasteiger partial charge >= 0.3 is 12.0 Å². The summed E-state index contributed by atoms with van der Waals surface area (Å²) in [5.74, 6) is -0.938. The van der Waals surface area contributed by atoms with Gasteiger partial charge in [-0.2, -0.15) is 0 Å². The van der Waals surface area contributed by atoms with Gasteiger partial charge in [0.1, 0.15) is 0 Å². The molecule has 2 saturated heterocycles. The van der Waals surface area contributed by atoms with Crippen molar-refractivity contribution >= 4 is 12.0 Å². The van der Waals surface area contributed by atoms with E-state index in [0.717, 1.165) is 6.42 Å². The highest BCUT2D eigenvalue weighted by Gasteiger charge is 2.33. The Morgan fingerprint density at radius 3 is 2.79 bits per heavy atom. The lowest BCUT2D eigenvalue weighted by Gasteiger charge is -2.40. The number of morpholine rings is 1. The summed E-state index contributed by atoms with van der Waals surface area (Å²) in [6.07, 6.45) is 0.908. The van der Waals surface area contributed by atoms with Crippen LogP contribution in [0.1, 0.15) is 19.3 Å². The molecular formula is C12H20N2O5. The Bertz CT molecular complexity index is 349. The van der Waals surface area contributed by atoms with E-state index >= 15 is 0 Å². The number of hydrogen-bond acceptors (Lipinski definition) is 4. The molecule has 0 aromatic carbocycles. The average Bonchev–Trinajstić information content (AvgIpc) is 2.38. The number of aliphatic hydroxyl groups is 1. The lowest BCUT2D eigenvalue weighted by atomic mass is 10.1. The van der Waals surface area contributed by atoms with Crippen LogP contribution in [0.15, 0.2) is 0 Å². The summed E-state index contributed by atoms with van der Waals surface area (Å²) >= 11 is 0. The number of aliphatic hydroxyl groups excluding tert-OH is 1. The smallest absolute Gasteiger partial charge is 0.320 e. The largest absolute Gasteiger partial charge is 0.481 e. The molecule has 0 spiro atoms. The summed E-state index contributed by atoms with van der Waals surface area (Å²) in [6, 6.07) is -0.605. The van der Waals surface area contributed by atoms with Gasteiger partial charge in [0.2, 0.25) is 0 Å². The van der Waals surface area contributed by atoms with Crippen LogP contribution >= 0.6 is 0 Å². The van der Waals surface area contributed by atoms with Crippen LogP contribution in [0.4, 0.5) is 4.79 Å². The molecule has 0 bridgehead atoms. The maximum atomic E-state index is 12.4. The second kappa shape index (κ2) is 6.21. The van der Waals surface area contributed by atoms with Crippen molar-refractivity contribution < 1.29 is 24.5 Å². The topological polar surface area (TPSA) is 90.3 Å². The van der Waals surface area contributed by atoms with Crippen LogP contribution in [0.2, 0.25) is 0 Å². The first-order valence-electron chi connectivity index (χ1n) is 6.61. The molecule has 0 aromatic rings.